The molecule has 92 valence electrons. The van der Waals surface area contributed by atoms with Crippen LogP contribution in [-0.2, 0) is 0 Å². The van der Waals surface area contributed by atoms with E-state index in [0.717, 1.165) is 6.04 Å². The third-order valence-electron chi connectivity index (χ3n) is 3.65. The zero-order valence-electron chi connectivity index (χ0n) is 11.7. The number of hydrogen-bond acceptors (Lipinski definition) is 0. The fraction of sp³-hybridized carbons (Fsp3) is 1.00. The molecule has 1 unspecified atom stereocenters. The van der Waals surface area contributed by atoms with Crippen molar-refractivity contribution in [1.29, 1.82) is 0 Å². The maximum Gasteiger partial charge on any atom is 0.0861 e. The fourth-order valence-corrected chi connectivity index (χ4v) is 3.02. The quantitative estimate of drug-likeness (QED) is 0.504. The number of rotatable bonds is 9. The predicted octanol–water partition coefficient (Wildman–Crippen LogP) is 4.22. The third-order valence-corrected chi connectivity index (χ3v) is 3.65. The van der Waals surface area contributed by atoms with Crippen molar-refractivity contribution in [2.75, 3.05) is 19.6 Å². The second-order valence-electron chi connectivity index (χ2n) is 5.03. The van der Waals surface area contributed by atoms with Gasteiger partial charge in [-0.05, 0) is 32.6 Å². The summed E-state index contributed by atoms with van der Waals surface area (Å²) in [4.78, 5) is 0. The van der Waals surface area contributed by atoms with Crippen LogP contribution in [0.25, 0.3) is 0 Å². The summed E-state index contributed by atoms with van der Waals surface area (Å²) in [7, 11) is 0. The number of nitrogens with zero attached hydrogens (tertiary/aromatic N) is 1. The first-order valence-electron chi connectivity index (χ1n) is 7.02. The SMILES string of the molecule is CCCC(C)[N+](CCC)(CCC)CCC. The van der Waals surface area contributed by atoms with Gasteiger partial charge in [0.15, 0.2) is 0 Å². The lowest BCUT2D eigenvalue weighted by Crippen LogP contribution is -2.55. The molecule has 0 amide bonds. The number of quaternary nitrogens is 1. The van der Waals surface area contributed by atoms with E-state index in [4.69, 9.17) is 0 Å². The first-order valence-corrected chi connectivity index (χ1v) is 7.02. The van der Waals surface area contributed by atoms with E-state index in [-0.39, 0.29) is 0 Å². The van der Waals surface area contributed by atoms with E-state index >= 15 is 0 Å². The molecule has 1 heteroatoms. The first-order chi connectivity index (χ1) is 7.16. The Balaban J connectivity index is 4.57. The van der Waals surface area contributed by atoms with E-state index < -0.39 is 0 Å². The maximum atomic E-state index is 2.46. The molecule has 1 atom stereocenters. The van der Waals surface area contributed by atoms with E-state index in [0.29, 0.717) is 0 Å². The lowest BCUT2D eigenvalue weighted by atomic mass is 10.1. The van der Waals surface area contributed by atoms with Crippen molar-refractivity contribution in [3.05, 3.63) is 0 Å². The molecule has 0 heterocycles. The monoisotopic (exact) mass is 214 g/mol. The molecular weight excluding hydrogens is 182 g/mol. The van der Waals surface area contributed by atoms with Gasteiger partial charge in [-0.2, -0.15) is 0 Å². The molecule has 1 nitrogen and oxygen atoms in total. The minimum Gasteiger partial charge on any atom is -0.321 e. The first kappa shape index (κ1) is 15.0. The minimum absolute atomic E-state index is 0.856. The average Bonchev–Trinajstić information content (AvgIpc) is 2.19. The van der Waals surface area contributed by atoms with Crippen LogP contribution in [0.4, 0.5) is 0 Å². The van der Waals surface area contributed by atoms with Gasteiger partial charge in [-0.25, -0.2) is 0 Å². The van der Waals surface area contributed by atoms with E-state index in [1.54, 1.807) is 0 Å². The van der Waals surface area contributed by atoms with Gasteiger partial charge >= 0.3 is 0 Å². The third kappa shape index (κ3) is 4.55. The Hall–Kier alpha value is -0.0400. The molecule has 0 saturated heterocycles. The largest absolute Gasteiger partial charge is 0.321 e. The van der Waals surface area contributed by atoms with Crippen LogP contribution in [0.5, 0.6) is 0 Å². The van der Waals surface area contributed by atoms with Gasteiger partial charge in [0.05, 0.1) is 25.7 Å². The van der Waals surface area contributed by atoms with Crippen molar-refractivity contribution in [2.45, 2.75) is 72.8 Å². The summed E-state index contributed by atoms with van der Waals surface area (Å²) in [5.74, 6) is 0. The molecule has 0 aromatic carbocycles. The van der Waals surface area contributed by atoms with Gasteiger partial charge in [0.1, 0.15) is 0 Å². The van der Waals surface area contributed by atoms with Crippen LogP contribution in [0.2, 0.25) is 0 Å². The summed E-state index contributed by atoms with van der Waals surface area (Å²) in [5, 5.41) is 0. The molecule has 0 aromatic rings. The Kier molecular flexibility index (Phi) is 8.13. The molecule has 0 bridgehead atoms. The highest BCUT2D eigenvalue weighted by Gasteiger charge is 2.30. The molecule has 0 aliphatic rings. The second-order valence-corrected chi connectivity index (χ2v) is 5.03. The highest BCUT2D eigenvalue weighted by Crippen LogP contribution is 2.20. The molecule has 15 heavy (non-hydrogen) atoms. The van der Waals surface area contributed by atoms with Crippen LogP contribution in [-0.4, -0.2) is 30.2 Å². The number of hydrogen-bond donors (Lipinski definition) is 0. The van der Waals surface area contributed by atoms with E-state index in [2.05, 4.69) is 34.6 Å². The lowest BCUT2D eigenvalue weighted by molar-refractivity contribution is -0.950. The Morgan fingerprint density at radius 3 is 1.40 bits per heavy atom. The zero-order chi connectivity index (χ0) is 11.7. The summed E-state index contributed by atoms with van der Waals surface area (Å²) < 4.78 is 1.37. The van der Waals surface area contributed by atoms with Gasteiger partial charge in [0.2, 0.25) is 0 Å². The Labute approximate surface area is 97.5 Å². The van der Waals surface area contributed by atoms with Gasteiger partial charge in [-0.3, -0.25) is 0 Å². The van der Waals surface area contributed by atoms with Gasteiger partial charge in [0.25, 0.3) is 0 Å². The topological polar surface area (TPSA) is 0 Å². The second kappa shape index (κ2) is 8.15. The van der Waals surface area contributed by atoms with Crippen LogP contribution >= 0.6 is 0 Å². The zero-order valence-corrected chi connectivity index (χ0v) is 11.7. The van der Waals surface area contributed by atoms with Crippen LogP contribution < -0.4 is 0 Å². The van der Waals surface area contributed by atoms with Crippen LogP contribution in [0.3, 0.4) is 0 Å². The van der Waals surface area contributed by atoms with Crippen LogP contribution in [0.15, 0.2) is 0 Å². The van der Waals surface area contributed by atoms with Crippen molar-refractivity contribution in [3.8, 4) is 0 Å². The lowest BCUT2D eigenvalue weighted by Gasteiger charge is -2.44. The van der Waals surface area contributed by atoms with Crippen LogP contribution in [0.1, 0.15) is 66.7 Å². The highest BCUT2D eigenvalue weighted by molar-refractivity contribution is 4.55. The average molecular weight is 214 g/mol. The Morgan fingerprint density at radius 1 is 0.733 bits per heavy atom. The van der Waals surface area contributed by atoms with Crippen molar-refractivity contribution >= 4 is 0 Å². The molecular formula is C14H32N+. The van der Waals surface area contributed by atoms with Crippen molar-refractivity contribution in [2.24, 2.45) is 0 Å². The van der Waals surface area contributed by atoms with Crippen LogP contribution in [0, 0.1) is 0 Å². The predicted molar refractivity (Wildman–Crippen MR) is 70.1 cm³/mol. The minimum atomic E-state index is 0.856. The Morgan fingerprint density at radius 2 is 1.13 bits per heavy atom. The van der Waals surface area contributed by atoms with E-state index in [9.17, 15) is 0 Å². The molecule has 0 aromatic heterocycles. The smallest absolute Gasteiger partial charge is 0.0861 e. The van der Waals surface area contributed by atoms with Crippen molar-refractivity contribution in [3.63, 3.8) is 0 Å². The summed E-state index contributed by atoms with van der Waals surface area (Å²) in [6.45, 7) is 15.9. The van der Waals surface area contributed by atoms with Gasteiger partial charge in [-0.15, -0.1) is 0 Å². The fourth-order valence-electron chi connectivity index (χ4n) is 3.02. The van der Waals surface area contributed by atoms with Gasteiger partial charge in [0, 0.05) is 0 Å². The molecule has 0 aliphatic carbocycles. The molecule has 0 radical (unpaired) electrons. The highest BCUT2D eigenvalue weighted by atomic mass is 15.4. The van der Waals surface area contributed by atoms with Crippen molar-refractivity contribution < 1.29 is 4.48 Å². The standard InChI is InChI=1S/C14H32N/c1-6-10-14(5)15(11-7-2,12-8-3)13-9-4/h14H,6-13H2,1-5H3/q+1. The molecule has 0 N–H and O–H groups in total. The molecule has 0 spiro atoms. The summed E-state index contributed by atoms with van der Waals surface area (Å²) in [5.41, 5.74) is 0. The van der Waals surface area contributed by atoms with Crippen molar-refractivity contribution in [1.82, 2.24) is 0 Å². The van der Waals surface area contributed by atoms with E-state index in [1.165, 1.54) is 56.2 Å². The normalized spacial score (nSPS) is 14.2. The Bertz CT molecular complexity index is 125. The van der Waals surface area contributed by atoms with E-state index in [1.807, 2.05) is 0 Å². The van der Waals surface area contributed by atoms with Gasteiger partial charge < -0.3 is 4.48 Å². The summed E-state index contributed by atoms with van der Waals surface area (Å²) >= 11 is 0. The molecule has 0 aliphatic heterocycles. The molecule has 0 rings (SSSR count). The summed E-state index contributed by atoms with van der Waals surface area (Å²) in [6.07, 6.45) is 6.70. The van der Waals surface area contributed by atoms with Gasteiger partial charge in [-0.1, -0.05) is 34.1 Å². The maximum absolute atomic E-state index is 2.46. The summed E-state index contributed by atoms with van der Waals surface area (Å²) in [6, 6.07) is 0.856. The molecule has 0 saturated carbocycles. The molecule has 0 fully saturated rings.